The number of methoxy groups -OCH3 is 1. The number of fused-ring (bicyclic) bond motifs is 3. The lowest BCUT2D eigenvalue weighted by Crippen LogP contribution is -2.56. The maximum Gasteiger partial charge on any atom is 0.410 e. The number of hydrogen-bond donors (Lipinski definition) is 0. The molecule has 0 radical (unpaired) electrons. The second-order valence-corrected chi connectivity index (χ2v) is 15.3. The van der Waals surface area contributed by atoms with Crippen LogP contribution in [-0.4, -0.2) is 102 Å². The van der Waals surface area contributed by atoms with Crippen molar-refractivity contribution in [3.05, 3.63) is 53.6 Å². The molecule has 1 amide bonds. The number of hydrogen-bond acceptors (Lipinski definition) is 10. The Labute approximate surface area is 317 Å². The Balaban J connectivity index is 1.35. The maximum atomic E-state index is 17.3. The van der Waals surface area contributed by atoms with Gasteiger partial charge in [0, 0.05) is 56.0 Å². The third-order valence-corrected chi connectivity index (χ3v) is 10.6. The highest BCUT2D eigenvalue weighted by atomic mass is 19.1. The van der Waals surface area contributed by atoms with E-state index in [4.69, 9.17) is 30.4 Å². The number of carbonyl (C=O) groups excluding carboxylic acids is 1. The van der Waals surface area contributed by atoms with Crippen molar-refractivity contribution in [3.63, 3.8) is 0 Å². The summed E-state index contributed by atoms with van der Waals surface area (Å²) in [5, 5.41) is 10.9. The van der Waals surface area contributed by atoms with E-state index in [0.717, 1.165) is 19.4 Å². The summed E-state index contributed by atoms with van der Waals surface area (Å²) in [5.41, 5.74) is -1.02. The number of benzene rings is 3. The van der Waals surface area contributed by atoms with Gasteiger partial charge in [-0.05, 0) is 75.4 Å². The lowest BCUT2D eigenvalue weighted by atomic mass is 9.93. The number of terminal acetylenes is 1. The van der Waals surface area contributed by atoms with Gasteiger partial charge in [-0.1, -0.05) is 18.1 Å². The zero-order chi connectivity index (χ0) is 39.1. The average molecular weight is 757 g/mol. The first-order valence-electron chi connectivity index (χ1n) is 18.3. The Morgan fingerprint density at radius 1 is 1.07 bits per heavy atom. The van der Waals surface area contributed by atoms with Gasteiger partial charge in [-0.3, -0.25) is 4.90 Å². The quantitative estimate of drug-likeness (QED) is 0.131. The lowest BCUT2D eigenvalue weighted by Gasteiger charge is -2.41. The van der Waals surface area contributed by atoms with Crippen LogP contribution >= 0.6 is 0 Å². The number of nitriles is 1. The second-order valence-electron chi connectivity index (χ2n) is 15.3. The summed E-state index contributed by atoms with van der Waals surface area (Å²) in [6.07, 6.45) is 6.27. The fourth-order valence-corrected chi connectivity index (χ4v) is 8.15. The Kier molecular flexibility index (Phi) is 10.4. The van der Waals surface area contributed by atoms with E-state index < -0.39 is 41.1 Å². The van der Waals surface area contributed by atoms with E-state index in [1.54, 1.807) is 51.1 Å². The first-order chi connectivity index (χ1) is 26.3. The van der Waals surface area contributed by atoms with Crippen molar-refractivity contribution in [2.45, 2.75) is 69.8 Å². The molecule has 4 aromatic rings. The summed E-state index contributed by atoms with van der Waals surface area (Å²) >= 11 is 0. The maximum absolute atomic E-state index is 17.3. The van der Waals surface area contributed by atoms with Crippen LogP contribution in [0.15, 0.2) is 36.4 Å². The van der Waals surface area contributed by atoms with Crippen LogP contribution in [0.4, 0.5) is 23.8 Å². The molecule has 0 unspecified atom stereocenters. The first kappa shape index (κ1) is 38.0. The predicted molar refractivity (Wildman–Crippen MR) is 201 cm³/mol. The number of ether oxygens (including phenoxy) is 4. The zero-order valence-electron chi connectivity index (χ0n) is 31.3. The summed E-state index contributed by atoms with van der Waals surface area (Å²) in [4.78, 5) is 28.1. The van der Waals surface area contributed by atoms with Gasteiger partial charge >= 0.3 is 12.1 Å². The summed E-state index contributed by atoms with van der Waals surface area (Å²) < 4.78 is 69.9. The molecule has 288 valence electrons. The van der Waals surface area contributed by atoms with Gasteiger partial charge < -0.3 is 28.7 Å². The number of rotatable bonds is 9. The third kappa shape index (κ3) is 7.41. The van der Waals surface area contributed by atoms with Crippen molar-refractivity contribution in [1.82, 2.24) is 19.8 Å². The molecule has 3 saturated heterocycles. The molecule has 0 saturated carbocycles. The molecule has 3 aliphatic heterocycles. The Bertz CT molecular complexity index is 2220. The molecule has 11 nitrogen and oxygen atoms in total. The molecular formula is C41H43F3N6O5. The van der Waals surface area contributed by atoms with E-state index in [-0.39, 0.29) is 67.7 Å². The van der Waals surface area contributed by atoms with Crippen LogP contribution in [0.3, 0.4) is 0 Å². The Morgan fingerprint density at radius 3 is 2.64 bits per heavy atom. The molecule has 55 heavy (non-hydrogen) atoms. The number of aromatic nitrogens is 2. The molecule has 0 N–H and O–H groups in total. The molecule has 3 fully saturated rings. The molecule has 3 atom stereocenters. The van der Waals surface area contributed by atoms with E-state index >= 15 is 8.78 Å². The molecule has 1 aromatic heterocycles. The molecular weight excluding hydrogens is 713 g/mol. The normalized spacial score (nSPS) is 21.4. The van der Waals surface area contributed by atoms with Gasteiger partial charge in [0.2, 0.25) is 0 Å². The van der Waals surface area contributed by atoms with E-state index in [1.807, 2.05) is 4.90 Å². The van der Waals surface area contributed by atoms with E-state index in [0.29, 0.717) is 40.7 Å². The summed E-state index contributed by atoms with van der Waals surface area (Å²) in [6, 6.07) is 10.8. The minimum atomic E-state index is -0.980. The molecule has 0 aliphatic carbocycles. The predicted octanol–water partition coefficient (Wildman–Crippen LogP) is 6.99. The fourth-order valence-electron chi connectivity index (χ4n) is 8.15. The monoisotopic (exact) mass is 756 g/mol. The molecule has 7 rings (SSSR count). The van der Waals surface area contributed by atoms with Crippen LogP contribution in [-0.2, 0) is 9.47 Å². The van der Waals surface area contributed by atoms with Crippen LogP contribution in [0.5, 0.6) is 11.8 Å². The van der Waals surface area contributed by atoms with Gasteiger partial charge in [0.1, 0.15) is 41.3 Å². The SMILES string of the molecule is C#Cc1c(F)ccc2cc(OCOC)cc(-c3ccc4c(N5CCN(C(=O)OC(C)(C)C)[C@@H](CC#N)C5)nc(OC[C@@]56CCCN5C[C@H](F)C6)nc4c3F)c12. The minimum Gasteiger partial charge on any atom is -0.468 e. The fraction of sp³-hybridized carbons (Fsp3) is 0.463. The van der Waals surface area contributed by atoms with Crippen LogP contribution < -0.4 is 14.4 Å². The van der Waals surface area contributed by atoms with Gasteiger partial charge in [-0.25, -0.2) is 18.0 Å². The standard InChI is InChI=1S/C41H43F3N6O5/c1-6-29-33(43)11-8-25-18-28(54-24-52-5)19-32(34(25)29)30-9-10-31-36(35(30)44)46-38(53-23-41-13-7-15-49(41)21-26(42)20-41)47-37(31)48-16-17-50(27(22-48)12-14-45)39(51)55-40(2,3)4/h1,8-11,18-19,26-27H,7,12-13,15-17,20-24H2,2-5H3/t26-,27+,41+/m1/s1. The van der Waals surface area contributed by atoms with Gasteiger partial charge in [-0.15, -0.1) is 6.42 Å². The van der Waals surface area contributed by atoms with Crippen LogP contribution in [0.1, 0.15) is 52.0 Å². The Morgan fingerprint density at radius 2 is 1.89 bits per heavy atom. The highest BCUT2D eigenvalue weighted by Crippen LogP contribution is 2.42. The van der Waals surface area contributed by atoms with Crippen LogP contribution in [0.2, 0.25) is 0 Å². The average Bonchev–Trinajstić information content (AvgIpc) is 3.68. The summed E-state index contributed by atoms with van der Waals surface area (Å²) in [5.74, 6) is 1.73. The molecule has 4 heterocycles. The molecule has 0 spiro atoms. The largest absolute Gasteiger partial charge is 0.468 e. The summed E-state index contributed by atoms with van der Waals surface area (Å²) in [6.45, 7) is 7.12. The van der Waals surface area contributed by atoms with Crippen LogP contribution in [0.25, 0.3) is 32.8 Å². The number of anilines is 1. The number of halogens is 3. The molecule has 3 aliphatic rings. The smallest absolute Gasteiger partial charge is 0.410 e. The number of amides is 1. The van der Waals surface area contributed by atoms with Crippen molar-refractivity contribution in [2.24, 2.45) is 0 Å². The van der Waals surface area contributed by atoms with Crippen molar-refractivity contribution in [3.8, 4) is 41.3 Å². The van der Waals surface area contributed by atoms with E-state index in [1.165, 1.54) is 18.1 Å². The molecule has 14 heteroatoms. The van der Waals surface area contributed by atoms with Gasteiger partial charge in [-0.2, -0.15) is 15.2 Å². The van der Waals surface area contributed by atoms with Crippen molar-refractivity contribution >= 4 is 33.6 Å². The topological polar surface area (TPSA) is 113 Å². The highest BCUT2D eigenvalue weighted by molar-refractivity contribution is 6.04. The van der Waals surface area contributed by atoms with E-state index in [2.05, 4.69) is 21.9 Å². The second kappa shape index (κ2) is 15.1. The molecule has 0 bridgehead atoms. The zero-order valence-corrected chi connectivity index (χ0v) is 31.3. The van der Waals surface area contributed by atoms with Gasteiger partial charge in [0.25, 0.3) is 0 Å². The number of alkyl halides is 1. The van der Waals surface area contributed by atoms with Gasteiger partial charge in [0.05, 0.1) is 29.6 Å². The minimum absolute atomic E-state index is 0.0198. The van der Waals surface area contributed by atoms with Gasteiger partial charge in [0.15, 0.2) is 12.6 Å². The third-order valence-electron chi connectivity index (χ3n) is 10.6. The number of nitrogens with zero attached hydrogens (tertiary/aromatic N) is 6. The van der Waals surface area contributed by atoms with Crippen LogP contribution in [0, 0.1) is 35.3 Å². The number of carbonyl (C=O) groups is 1. The van der Waals surface area contributed by atoms with E-state index in [9.17, 15) is 14.4 Å². The summed E-state index contributed by atoms with van der Waals surface area (Å²) in [7, 11) is 1.47. The van der Waals surface area contributed by atoms with Crippen molar-refractivity contribution in [1.29, 1.82) is 5.26 Å². The number of piperazine rings is 1. The highest BCUT2D eigenvalue weighted by Gasteiger charge is 2.49. The lowest BCUT2D eigenvalue weighted by molar-refractivity contribution is 0.0145. The first-order valence-corrected chi connectivity index (χ1v) is 18.3. The van der Waals surface area contributed by atoms with Crippen molar-refractivity contribution in [2.75, 3.05) is 58.1 Å². The molecule has 3 aromatic carbocycles. The van der Waals surface area contributed by atoms with Crippen molar-refractivity contribution < 1.29 is 36.9 Å². The Hall–Kier alpha value is -5.31.